The number of urea groups is 1. The zero-order valence-corrected chi connectivity index (χ0v) is 17.4. The number of aromatic nitrogens is 1. The Morgan fingerprint density at radius 2 is 1.65 bits per heavy atom. The van der Waals surface area contributed by atoms with Gasteiger partial charge in [0.15, 0.2) is 0 Å². The summed E-state index contributed by atoms with van der Waals surface area (Å²) in [5, 5.41) is 5.63. The van der Waals surface area contributed by atoms with E-state index in [1.54, 1.807) is 24.5 Å². The van der Waals surface area contributed by atoms with Gasteiger partial charge in [0, 0.05) is 16.8 Å². The summed E-state index contributed by atoms with van der Waals surface area (Å²) in [5.41, 5.74) is 5.07. The molecule has 31 heavy (non-hydrogen) atoms. The fraction of sp³-hybridized carbons (Fsp3) is 0.120. The molecule has 0 saturated heterocycles. The van der Waals surface area contributed by atoms with Crippen molar-refractivity contribution >= 4 is 17.4 Å². The summed E-state index contributed by atoms with van der Waals surface area (Å²) in [6.45, 7) is 4.47. The zero-order chi connectivity index (χ0) is 21.6. The third-order valence-corrected chi connectivity index (χ3v) is 4.68. The molecule has 6 heteroatoms. The summed E-state index contributed by atoms with van der Waals surface area (Å²) < 4.78 is 11.2. The lowest BCUT2D eigenvalue weighted by molar-refractivity contribution is 0.262. The van der Waals surface area contributed by atoms with Gasteiger partial charge in [0.05, 0.1) is 12.3 Å². The van der Waals surface area contributed by atoms with Crippen LogP contribution in [-0.2, 0) is 0 Å². The van der Waals surface area contributed by atoms with Gasteiger partial charge in [-0.25, -0.2) is 9.78 Å². The second kappa shape index (κ2) is 9.17. The first kappa shape index (κ1) is 20.2. The quantitative estimate of drug-likeness (QED) is 0.386. The van der Waals surface area contributed by atoms with E-state index in [1.165, 1.54) is 5.56 Å². The fourth-order valence-corrected chi connectivity index (χ4v) is 3.10. The topological polar surface area (TPSA) is 76.4 Å². The first-order valence-electron chi connectivity index (χ1n) is 10.0. The van der Waals surface area contributed by atoms with Crippen molar-refractivity contribution in [3.05, 3.63) is 84.6 Å². The molecular weight excluding hydrogens is 390 g/mol. The minimum atomic E-state index is -0.349. The molecule has 156 valence electrons. The lowest BCUT2D eigenvalue weighted by atomic mass is 10.1. The Labute approximate surface area is 180 Å². The maximum Gasteiger partial charge on any atom is 0.323 e. The van der Waals surface area contributed by atoms with Crippen LogP contribution in [0.1, 0.15) is 12.5 Å². The number of carbonyl (C=O) groups excluding carboxylic acids is 1. The molecule has 4 rings (SSSR count). The summed E-state index contributed by atoms with van der Waals surface area (Å²) >= 11 is 0. The number of hydrogen-bond donors (Lipinski definition) is 2. The predicted molar refractivity (Wildman–Crippen MR) is 122 cm³/mol. The Hall–Kier alpha value is -4.06. The molecule has 0 aliphatic heterocycles. The van der Waals surface area contributed by atoms with Gasteiger partial charge in [-0.3, -0.25) is 0 Å². The highest BCUT2D eigenvalue weighted by Gasteiger charge is 2.10. The number of para-hydroxylation sites is 2. The van der Waals surface area contributed by atoms with E-state index in [-0.39, 0.29) is 6.03 Å². The average Bonchev–Trinajstić information content (AvgIpc) is 3.26. The molecule has 2 amide bonds. The van der Waals surface area contributed by atoms with E-state index in [1.807, 2.05) is 68.4 Å². The van der Waals surface area contributed by atoms with Gasteiger partial charge in [-0.1, -0.05) is 42.0 Å². The van der Waals surface area contributed by atoms with E-state index in [2.05, 4.69) is 15.6 Å². The molecule has 2 N–H and O–H groups in total. The number of rotatable bonds is 6. The van der Waals surface area contributed by atoms with Crippen LogP contribution in [-0.4, -0.2) is 17.6 Å². The van der Waals surface area contributed by atoms with Gasteiger partial charge in [-0.15, -0.1) is 0 Å². The molecule has 0 saturated carbocycles. The Morgan fingerprint density at radius 3 is 2.39 bits per heavy atom. The lowest BCUT2D eigenvalue weighted by Crippen LogP contribution is -2.19. The van der Waals surface area contributed by atoms with Crippen LogP contribution >= 0.6 is 0 Å². The third kappa shape index (κ3) is 4.93. The van der Waals surface area contributed by atoms with Crippen molar-refractivity contribution in [1.82, 2.24) is 4.98 Å². The molecule has 0 spiro atoms. The molecule has 3 aromatic carbocycles. The van der Waals surface area contributed by atoms with Crippen molar-refractivity contribution in [2.24, 2.45) is 0 Å². The molecule has 0 radical (unpaired) electrons. The second-order valence-corrected chi connectivity index (χ2v) is 6.99. The van der Waals surface area contributed by atoms with Gasteiger partial charge in [-0.05, 0) is 50.2 Å². The largest absolute Gasteiger partial charge is 0.492 e. The zero-order valence-electron chi connectivity index (χ0n) is 17.4. The first-order valence-corrected chi connectivity index (χ1v) is 10.0. The standard InChI is InChI=1S/C25H23N3O3/c1-3-30-23-7-5-4-6-21(23)28-25(29)26-20-14-12-19(13-15-20)24-27-22(16-31-24)18-10-8-17(2)9-11-18/h4-16H,3H2,1-2H3,(H2,26,28,29). The van der Waals surface area contributed by atoms with Crippen molar-refractivity contribution in [1.29, 1.82) is 0 Å². The van der Waals surface area contributed by atoms with Crippen molar-refractivity contribution in [2.75, 3.05) is 17.2 Å². The van der Waals surface area contributed by atoms with E-state index < -0.39 is 0 Å². The maximum atomic E-state index is 12.4. The van der Waals surface area contributed by atoms with E-state index in [9.17, 15) is 4.79 Å². The molecule has 0 aliphatic carbocycles. The van der Waals surface area contributed by atoms with Crippen LogP contribution in [0.3, 0.4) is 0 Å². The summed E-state index contributed by atoms with van der Waals surface area (Å²) in [6, 6.07) is 22.4. The minimum absolute atomic E-state index is 0.349. The van der Waals surface area contributed by atoms with Crippen LogP contribution in [0.5, 0.6) is 5.75 Å². The van der Waals surface area contributed by atoms with Gasteiger partial charge < -0.3 is 19.8 Å². The van der Waals surface area contributed by atoms with E-state index in [4.69, 9.17) is 9.15 Å². The molecule has 0 fully saturated rings. The number of nitrogens with one attached hydrogen (secondary N) is 2. The number of hydrogen-bond acceptors (Lipinski definition) is 4. The van der Waals surface area contributed by atoms with Crippen molar-refractivity contribution < 1.29 is 13.9 Å². The number of benzene rings is 3. The van der Waals surface area contributed by atoms with Crippen molar-refractivity contribution in [2.45, 2.75) is 13.8 Å². The van der Waals surface area contributed by atoms with Crippen LogP contribution in [0.2, 0.25) is 0 Å². The molecular formula is C25H23N3O3. The van der Waals surface area contributed by atoms with Crippen LogP contribution in [0, 0.1) is 6.92 Å². The minimum Gasteiger partial charge on any atom is -0.492 e. The van der Waals surface area contributed by atoms with E-state index in [0.29, 0.717) is 29.6 Å². The average molecular weight is 413 g/mol. The smallest absolute Gasteiger partial charge is 0.323 e. The normalized spacial score (nSPS) is 10.5. The molecule has 0 aliphatic rings. The molecule has 4 aromatic rings. The van der Waals surface area contributed by atoms with Crippen molar-refractivity contribution in [3.63, 3.8) is 0 Å². The molecule has 6 nitrogen and oxygen atoms in total. The van der Waals surface area contributed by atoms with E-state index >= 15 is 0 Å². The number of amides is 2. The highest BCUT2D eigenvalue weighted by molar-refractivity contribution is 6.00. The highest BCUT2D eigenvalue weighted by atomic mass is 16.5. The van der Waals surface area contributed by atoms with Gasteiger partial charge in [-0.2, -0.15) is 0 Å². The predicted octanol–water partition coefficient (Wildman–Crippen LogP) is 6.36. The number of nitrogens with zero attached hydrogens (tertiary/aromatic N) is 1. The number of oxazole rings is 1. The van der Waals surface area contributed by atoms with Crippen molar-refractivity contribution in [3.8, 4) is 28.5 Å². The number of anilines is 2. The van der Waals surface area contributed by atoms with Gasteiger partial charge >= 0.3 is 6.03 Å². The number of ether oxygens (including phenoxy) is 1. The monoisotopic (exact) mass is 413 g/mol. The highest BCUT2D eigenvalue weighted by Crippen LogP contribution is 2.27. The van der Waals surface area contributed by atoms with Crippen LogP contribution in [0.25, 0.3) is 22.7 Å². The van der Waals surface area contributed by atoms with Crippen LogP contribution in [0.4, 0.5) is 16.2 Å². The molecule has 1 aromatic heterocycles. The number of aryl methyl sites for hydroxylation is 1. The number of carbonyl (C=O) groups is 1. The summed E-state index contributed by atoms with van der Waals surface area (Å²) in [6.07, 6.45) is 1.65. The fourth-order valence-electron chi connectivity index (χ4n) is 3.10. The summed E-state index contributed by atoms with van der Waals surface area (Å²) in [7, 11) is 0. The summed E-state index contributed by atoms with van der Waals surface area (Å²) in [5.74, 6) is 1.15. The maximum absolute atomic E-state index is 12.4. The Morgan fingerprint density at radius 1 is 0.935 bits per heavy atom. The van der Waals surface area contributed by atoms with Crippen LogP contribution in [0.15, 0.2) is 83.5 Å². The Kier molecular flexibility index (Phi) is 5.98. The third-order valence-electron chi connectivity index (χ3n) is 4.68. The van der Waals surface area contributed by atoms with Gasteiger partial charge in [0.1, 0.15) is 17.7 Å². The van der Waals surface area contributed by atoms with E-state index in [0.717, 1.165) is 16.8 Å². The first-order chi connectivity index (χ1) is 15.1. The summed E-state index contributed by atoms with van der Waals surface area (Å²) in [4.78, 5) is 16.9. The Bertz CT molecular complexity index is 1170. The van der Waals surface area contributed by atoms with Gasteiger partial charge in [0.25, 0.3) is 0 Å². The second-order valence-electron chi connectivity index (χ2n) is 6.99. The van der Waals surface area contributed by atoms with Gasteiger partial charge in [0.2, 0.25) is 5.89 Å². The molecule has 0 bridgehead atoms. The molecule has 0 atom stereocenters. The van der Waals surface area contributed by atoms with Crippen LogP contribution < -0.4 is 15.4 Å². The SMILES string of the molecule is CCOc1ccccc1NC(=O)Nc1ccc(-c2nc(-c3ccc(C)cc3)co2)cc1. The molecule has 1 heterocycles. The lowest BCUT2D eigenvalue weighted by Gasteiger charge is -2.12. The Balaban J connectivity index is 1.42. The molecule has 0 unspecified atom stereocenters.